The molecule has 0 bridgehead atoms. The zero-order chi connectivity index (χ0) is 14.8. The number of pyridine rings is 1. The molecule has 0 radical (unpaired) electrons. The molecule has 0 unspecified atom stereocenters. The largest absolute Gasteiger partial charge is 0.256 e. The molecule has 104 valence electrons. The standard InChI is InChI=1S/C20H19N/c1-14-8-6-9-15(2)19(14)20-16(3)10-7-11-17(20)18-12-4-5-13-21-18/h4-13H,1-3H3. The Morgan fingerprint density at radius 3 is 1.86 bits per heavy atom. The molecular formula is C20H19N. The van der Waals surface area contributed by atoms with E-state index in [1.807, 2.05) is 18.3 Å². The van der Waals surface area contributed by atoms with Gasteiger partial charge in [-0.15, -0.1) is 0 Å². The average Bonchev–Trinajstić information content (AvgIpc) is 2.49. The zero-order valence-electron chi connectivity index (χ0n) is 12.7. The van der Waals surface area contributed by atoms with Crippen LogP contribution in [0, 0.1) is 20.8 Å². The summed E-state index contributed by atoms with van der Waals surface area (Å²) in [5.41, 5.74) is 8.76. The van der Waals surface area contributed by atoms with Crippen molar-refractivity contribution >= 4 is 0 Å². The number of benzene rings is 2. The lowest BCUT2D eigenvalue weighted by Gasteiger charge is -2.17. The number of aromatic nitrogens is 1. The van der Waals surface area contributed by atoms with Crippen molar-refractivity contribution in [2.75, 3.05) is 0 Å². The summed E-state index contributed by atoms with van der Waals surface area (Å²) in [6.07, 6.45) is 1.85. The third-order valence-electron chi connectivity index (χ3n) is 3.94. The fourth-order valence-corrected chi connectivity index (χ4v) is 2.94. The van der Waals surface area contributed by atoms with Crippen LogP contribution < -0.4 is 0 Å². The Bertz CT molecular complexity index is 753. The fraction of sp³-hybridized carbons (Fsp3) is 0.150. The molecule has 0 aliphatic rings. The highest BCUT2D eigenvalue weighted by Crippen LogP contribution is 2.37. The number of aryl methyl sites for hydroxylation is 3. The molecule has 0 atom stereocenters. The summed E-state index contributed by atoms with van der Waals surface area (Å²) in [5, 5.41) is 0. The van der Waals surface area contributed by atoms with Crippen LogP contribution >= 0.6 is 0 Å². The maximum absolute atomic E-state index is 4.54. The van der Waals surface area contributed by atoms with E-state index in [1.54, 1.807) is 0 Å². The van der Waals surface area contributed by atoms with Gasteiger partial charge in [-0.3, -0.25) is 4.98 Å². The summed E-state index contributed by atoms with van der Waals surface area (Å²) in [5.74, 6) is 0. The van der Waals surface area contributed by atoms with E-state index in [1.165, 1.54) is 33.4 Å². The van der Waals surface area contributed by atoms with Crippen molar-refractivity contribution in [1.82, 2.24) is 4.98 Å². The van der Waals surface area contributed by atoms with Crippen LogP contribution in [0.5, 0.6) is 0 Å². The van der Waals surface area contributed by atoms with Crippen LogP contribution in [-0.2, 0) is 0 Å². The van der Waals surface area contributed by atoms with Crippen LogP contribution in [0.15, 0.2) is 60.8 Å². The lowest BCUT2D eigenvalue weighted by molar-refractivity contribution is 1.30. The Labute approximate surface area is 126 Å². The third-order valence-corrected chi connectivity index (χ3v) is 3.94. The number of hydrogen-bond acceptors (Lipinski definition) is 1. The van der Waals surface area contributed by atoms with E-state index in [0.717, 1.165) is 5.69 Å². The molecule has 1 nitrogen and oxygen atoms in total. The van der Waals surface area contributed by atoms with E-state index in [9.17, 15) is 0 Å². The van der Waals surface area contributed by atoms with Gasteiger partial charge >= 0.3 is 0 Å². The predicted molar refractivity (Wildman–Crippen MR) is 89.3 cm³/mol. The first-order chi connectivity index (χ1) is 10.2. The van der Waals surface area contributed by atoms with Crippen molar-refractivity contribution in [1.29, 1.82) is 0 Å². The molecule has 3 rings (SSSR count). The van der Waals surface area contributed by atoms with Crippen LogP contribution in [0.1, 0.15) is 16.7 Å². The second-order valence-electron chi connectivity index (χ2n) is 5.48. The van der Waals surface area contributed by atoms with E-state index in [0.29, 0.717) is 0 Å². The number of nitrogens with zero attached hydrogens (tertiary/aromatic N) is 1. The van der Waals surface area contributed by atoms with Crippen LogP contribution in [-0.4, -0.2) is 4.98 Å². The van der Waals surface area contributed by atoms with E-state index >= 15 is 0 Å². The summed E-state index contributed by atoms with van der Waals surface area (Å²) in [4.78, 5) is 4.54. The summed E-state index contributed by atoms with van der Waals surface area (Å²) in [6, 6.07) is 19.0. The highest BCUT2D eigenvalue weighted by atomic mass is 14.7. The van der Waals surface area contributed by atoms with Crippen molar-refractivity contribution in [2.45, 2.75) is 20.8 Å². The molecule has 2 aromatic carbocycles. The molecule has 1 aromatic heterocycles. The lowest BCUT2D eigenvalue weighted by Crippen LogP contribution is -1.95. The van der Waals surface area contributed by atoms with E-state index in [-0.39, 0.29) is 0 Å². The van der Waals surface area contributed by atoms with Crippen LogP contribution in [0.3, 0.4) is 0 Å². The van der Waals surface area contributed by atoms with Crippen molar-refractivity contribution in [2.24, 2.45) is 0 Å². The minimum Gasteiger partial charge on any atom is -0.256 e. The summed E-state index contributed by atoms with van der Waals surface area (Å²) in [6.45, 7) is 6.53. The maximum Gasteiger partial charge on any atom is 0.0708 e. The van der Waals surface area contributed by atoms with Gasteiger partial charge in [-0.1, -0.05) is 42.5 Å². The van der Waals surface area contributed by atoms with Crippen LogP contribution in [0.4, 0.5) is 0 Å². The Kier molecular flexibility index (Phi) is 3.57. The molecule has 0 amide bonds. The molecule has 0 N–H and O–H groups in total. The second-order valence-corrected chi connectivity index (χ2v) is 5.48. The minimum atomic E-state index is 1.03. The van der Waals surface area contributed by atoms with E-state index in [2.05, 4.69) is 68.2 Å². The van der Waals surface area contributed by atoms with Crippen molar-refractivity contribution < 1.29 is 0 Å². The monoisotopic (exact) mass is 273 g/mol. The van der Waals surface area contributed by atoms with Crippen molar-refractivity contribution in [3.8, 4) is 22.4 Å². The molecule has 0 aliphatic carbocycles. The average molecular weight is 273 g/mol. The number of hydrogen-bond donors (Lipinski definition) is 0. The van der Waals surface area contributed by atoms with Gasteiger partial charge in [0.15, 0.2) is 0 Å². The van der Waals surface area contributed by atoms with Gasteiger partial charge in [-0.2, -0.15) is 0 Å². The maximum atomic E-state index is 4.54. The normalized spacial score (nSPS) is 10.6. The van der Waals surface area contributed by atoms with Crippen molar-refractivity contribution in [3.63, 3.8) is 0 Å². The molecular weight excluding hydrogens is 254 g/mol. The van der Waals surface area contributed by atoms with Gasteiger partial charge in [0.2, 0.25) is 0 Å². The second kappa shape index (κ2) is 5.53. The first-order valence-corrected chi connectivity index (χ1v) is 7.26. The Morgan fingerprint density at radius 1 is 0.619 bits per heavy atom. The molecule has 0 aliphatic heterocycles. The molecule has 0 saturated carbocycles. The predicted octanol–water partition coefficient (Wildman–Crippen LogP) is 5.34. The number of rotatable bonds is 2. The molecule has 1 heterocycles. The fourth-order valence-electron chi connectivity index (χ4n) is 2.94. The van der Waals surface area contributed by atoms with Gasteiger partial charge in [0.05, 0.1) is 5.69 Å². The molecule has 0 spiro atoms. The zero-order valence-corrected chi connectivity index (χ0v) is 12.7. The van der Waals surface area contributed by atoms with Crippen LogP contribution in [0.25, 0.3) is 22.4 Å². The molecule has 3 aromatic rings. The van der Waals surface area contributed by atoms with Crippen molar-refractivity contribution in [3.05, 3.63) is 77.5 Å². The van der Waals surface area contributed by atoms with Gasteiger partial charge in [-0.25, -0.2) is 0 Å². The molecule has 0 saturated heterocycles. The van der Waals surface area contributed by atoms with Crippen LogP contribution in [0.2, 0.25) is 0 Å². The lowest BCUT2D eigenvalue weighted by atomic mass is 9.88. The van der Waals surface area contributed by atoms with Gasteiger partial charge in [0.25, 0.3) is 0 Å². The molecule has 1 heteroatoms. The first kappa shape index (κ1) is 13.6. The third kappa shape index (κ3) is 2.47. The Balaban J connectivity index is 2.33. The highest BCUT2D eigenvalue weighted by Gasteiger charge is 2.14. The highest BCUT2D eigenvalue weighted by molar-refractivity contribution is 5.87. The van der Waals surface area contributed by atoms with Gasteiger partial charge in [-0.05, 0) is 60.7 Å². The smallest absolute Gasteiger partial charge is 0.0708 e. The minimum absolute atomic E-state index is 1.03. The summed E-state index contributed by atoms with van der Waals surface area (Å²) in [7, 11) is 0. The summed E-state index contributed by atoms with van der Waals surface area (Å²) < 4.78 is 0. The van der Waals surface area contributed by atoms with E-state index < -0.39 is 0 Å². The first-order valence-electron chi connectivity index (χ1n) is 7.26. The topological polar surface area (TPSA) is 12.9 Å². The quantitative estimate of drug-likeness (QED) is 0.614. The molecule has 0 fully saturated rings. The SMILES string of the molecule is Cc1cccc(C)c1-c1c(C)cccc1-c1ccccn1. The summed E-state index contributed by atoms with van der Waals surface area (Å²) >= 11 is 0. The Morgan fingerprint density at radius 2 is 1.24 bits per heavy atom. The van der Waals surface area contributed by atoms with E-state index in [4.69, 9.17) is 0 Å². The van der Waals surface area contributed by atoms with Gasteiger partial charge in [0, 0.05) is 11.8 Å². The van der Waals surface area contributed by atoms with Gasteiger partial charge < -0.3 is 0 Å². The Hall–Kier alpha value is -2.41. The van der Waals surface area contributed by atoms with Gasteiger partial charge in [0.1, 0.15) is 0 Å². The molecule has 21 heavy (non-hydrogen) atoms.